The Balaban J connectivity index is 2.54. The molecule has 0 spiro atoms. The Labute approximate surface area is 121 Å². The number of hydrogen-bond acceptors (Lipinski definition) is 7. The molecule has 112 valence electrons. The molecule has 0 radical (unpaired) electrons. The Kier molecular flexibility index (Phi) is 6.43. The van der Waals surface area contributed by atoms with Crippen LogP contribution in [0.25, 0.3) is 0 Å². The first-order chi connectivity index (χ1) is 9.49. The summed E-state index contributed by atoms with van der Waals surface area (Å²) in [5, 5.41) is 14.1. The van der Waals surface area contributed by atoms with E-state index in [0.717, 1.165) is 6.42 Å². The number of hydrogen-bond donors (Lipinski definition) is 1. The number of amides is 1. The second-order valence-electron chi connectivity index (χ2n) is 4.33. The Bertz CT molecular complexity index is 465. The summed E-state index contributed by atoms with van der Waals surface area (Å²) in [7, 11) is 3.00. The number of nitrogens with zero attached hydrogens (tertiary/aromatic N) is 4. The van der Waals surface area contributed by atoms with Crippen LogP contribution in [0.3, 0.4) is 0 Å². The van der Waals surface area contributed by atoms with Gasteiger partial charge >= 0.3 is 5.97 Å². The normalized spacial score (nSPS) is 13.6. The number of methoxy groups -OCH3 is 1. The number of esters is 1. The largest absolute Gasteiger partial charge is 0.467 e. The van der Waals surface area contributed by atoms with E-state index in [-0.39, 0.29) is 17.6 Å². The number of ether oxygens (including phenoxy) is 1. The average molecular weight is 301 g/mol. The van der Waals surface area contributed by atoms with Crippen molar-refractivity contribution in [2.75, 3.05) is 12.9 Å². The fourth-order valence-electron chi connectivity index (χ4n) is 1.48. The fourth-order valence-corrected chi connectivity index (χ4v) is 2.15. The van der Waals surface area contributed by atoms with E-state index in [1.807, 2.05) is 13.8 Å². The Hall–Kier alpha value is -1.64. The van der Waals surface area contributed by atoms with Crippen molar-refractivity contribution >= 4 is 23.6 Å². The van der Waals surface area contributed by atoms with Gasteiger partial charge in [-0.15, -0.1) is 5.10 Å². The van der Waals surface area contributed by atoms with Gasteiger partial charge in [0.15, 0.2) is 0 Å². The summed E-state index contributed by atoms with van der Waals surface area (Å²) in [4.78, 5) is 23.5. The monoisotopic (exact) mass is 301 g/mol. The minimum Gasteiger partial charge on any atom is -0.467 e. The predicted octanol–water partition coefficient (Wildman–Crippen LogP) is 0.00610. The van der Waals surface area contributed by atoms with Gasteiger partial charge in [-0.25, -0.2) is 9.48 Å². The highest BCUT2D eigenvalue weighted by molar-refractivity contribution is 7.99. The number of carbonyl (C=O) groups excluding carboxylic acids is 2. The van der Waals surface area contributed by atoms with Crippen LogP contribution in [0.5, 0.6) is 0 Å². The number of aromatic nitrogens is 4. The average Bonchev–Trinajstić information content (AvgIpc) is 2.86. The van der Waals surface area contributed by atoms with Crippen molar-refractivity contribution in [3.63, 3.8) is 0 Å². The first kappa shape index (κ1) is 16.4. The third-order valence-corrected chi connectivity index (χ3v) is 3.91. The molecule has 0 saturated heterocycles. The summed E-state index contributed by atoms with van der Waals surface area (Å²) in [5.41, 5.74) is 0. The van der Waals surface area contributed by atoms with Gasteiger partial charge in [-0.05, 0) is 16.3 Å². The molecule has 0 aromatic carbocycles. The standard InChI is InChI=1S/C11H19N5O3S/c1-5-7(2)9(10(18)19-4)12-8(17)6-20-11-13-14-15-16(11)3/h7,9H,5-6H2,1-4H3,(H,12,17). The molecule has 0 bridgehead atoms. The second kappa shape index (κ2) is 7.83. The number of tetrazole rings is 1. The summed E-state index contributed by atoms with van der Waals surface area (Å²) in [6, 6.07) is -0.629. The molecular formula is C11H19N5O3S. The smallest absolute Gasteiger partial charge is 0.328 e. The van der Waals surface area contributed by atoms with E-state index in [0.29, 0.717) is 5.16 Å². The molecule has 0 aliphatic heterocycles. The summed E-state index contributed by atoms with van der Waals surface area (Å²) < 4.78 is 6.19. The van der Waals surface area contributed by atoms with E-state index in [1.165, 1.54) is 23.6 Å². The van der Waals surface area contributed by atoms with Crippen LogP contribution in [0.2, 0.25) is 0 Å². The Morgan fingerprint density at radius 3 is 2.70 bits per heavy atom. The van der Waals surface area contributed by atoms with Crippen LogP contribution >= 0.6 is 11.8 Å². The molecule has 9 heteroatoms. The molecule has 0 aliphatic carbocycles. The molecule has 20 heavy (non-hydrogen) atoms. The van der Waals surface area contributed by atoms with Crippen molar-refractivity contribution in [2.24, 2.45) is 13.0 Å². The number of aryl methyl sites for hydroxylation is 1. The summed E-state index contributed by atoms with van der Waals surface area (Å²) in [5.74, 6) is -0.544. The number of carbonyl (C=O) groups is 2. The molecule has 1 N–H and O–H groups in total. The maximum atomic E-state index is 11.9. The van der Waals surface area contributed by atoms with Crippen molar-refractivity contribution < 1.29 is 14.3 Å². The van der Waals surface area contributed by atoms with Gasteiger partial charge in [-0.2, -0.15) is 0 Å². The number of thioether (sulfide) groups is 1. The highest BCUT2D eigenvalue weighted by atomic mass is 32.2. The maximum Gasteiger partial charge on any atom is 0.328 e. The lowest BCUT2D eigenvalue weighted by atomic mass is 9.99. The number of rotatable bonds is 7. The van der Waals surface area contributed by atoms with E-state index in [9.17, 15) is 9.59 Å². The van der Waals surface area contributed by atoms with E-state index in [4.69, 9.17) is 4.74 Å². The summed E-state index contributed by atoms with van der Waals surface area (Å²) in [6.07, 6.45) is 0.764. The van der Waals surface area contributed by atoms with Crippen molar-refractivity contribution in [2.45, 2.75) is 31.5 Å². The van der Waals surface area contributed by atoms with Crippen molar-refractivity contribution in [3.05, 3.63) is 0 Å². The lowest BCUT2D eigenvalue weighted by molar-refractivity contribution is -0.146. The molecule has 1 heterocycles. The molecule has 1 rings (SSSR count). The predicted molar refractivity (Wildman–Crippen MR) is 72.9 cm³/mol. The zero-order valence-electron chi connectivity index (χ0n) is 12.0. The number of nitrogens with one attached hydrogen (secondary N) is 1. The molecule has 1 aromatic heterocycles. The van der Waals surface area contributed by atoms with Crippen molar-refractivity contribution in [3.8, 4) is 0 Å². The first-order valence-corrected chi connectivity index (χ1v) is 7.20. The zero-order valence-corrected chi connectivity index (χ0v) is 12.8. The van der Waals surface area contributed by atoms with Crippen LogP contribution < -0.4 is 5.32 Å². The van der Waals surface area contributed by atoms with Gasteiger partial charge in [0.05, 0.1) is 12.9 Å². The van der Waals surface area contributed by atoms with E-state index >= 15 is 0 Å². The molecule has 8 nitrogen and oxygen atoms in total. The molecule has 0 aliphatic rings. The van der Waals surface area contributed by atoms with Crippen LogP contribution in [0, 0.1) is 5.92 Å². The van der Waals surface area contributed by atoms with Gasteiger partial charge in [0, 0.05) is 7.05 Å². The SMILES string of the molecule is CCC(C)C(NC(=O)CSc1nnnn1C)C(=O)OC. The molecule has 0 saturated carbocycles. The summed E-state index contributed by atoms with van der Waals surface area (Å²) >= 11 is 1.21. The Morgan fingerprint density at radius 2 is 2.20 bits per heavy atom. The van der Waals surface area contributed by atoms with Gasteiger partial charge in [0.25, 0.3) is 0 Å². The highest BCUT2D eigenvalue weighted by Gasteiger charge is 2.26. The third-order valence-electron chi connectivity index (χ3n) is 2.90. The maximum absolute atomic E-state index is 11.9. The van der Waals surface area contributed by atoms with Crippen LogP contribution in [0.4, 0.5) is 0 Å². The molecule has 2 atom stereocenters. The molecule has 0 fully saturated rings. The Morgan fingerprint density at radius 1 is 1.50 bits per heavy atom. The van der Waals surface area contributed by atoms with E-state index < -0.39 is 12.0 Å². The van der Waals surface area contributed by atoms with Crippen molar-refractivity contribution in [1.29, 1.82) is 0 Å². The van der Waals surface area contributed by atoms with Gasteiger partial charge < -0.3 is 10.1 Å². The lowest BCUT2D eigenvalue weighted by Gasteiger charge is -2.21. The van der Waals surface area contributed by atoms with Crippen molar-refractivity contribution in [1.82, 2.24) is 25.5 Å². The first-order valence-electron chi connectivity index (χ1n) is 6.21. The van der Waals surface area contributed by atoms with Gasteiger partial charge in [-0.3, -0.25) is 4.79 Å². The van der Waals surface area contributed by atoms with Crippen LogP contribution in [0.1, 0.15) is 20.3 Å². The van der Waals surface area contributed by atoms with E-state index in [1.54, 1.807) is 7.05 Å². The zero-order chi connectivity index (χ0) is 15.1. The molecular weight excluding hydrogens is 282 g/mol. The van der Waals surface area contributed by atoms with Gasteiger partial charge in [-0.1, -0.05) is 32.0 Å². The topological polar surface area (TPSA) is 99.0 Å². The van der Waals surface area contributed by atoms with Crippen LogP contribution in [-0.2, 0) is 21.4 Å². The minimum absolute atomic E-state index is 0.00731. The molecule has 2 unspecified atom stereocenters. The highest BCUT2D eigenvalue weighted by Crippen LogP contribution is 2.13. The van der Waals surface area contributed by atoms with Crippen LogP contribution in [0.15, 0.2) is 5.16 Å². The molecule has 1 aromatic rings. The van der Waals surface area contributed by atoms with Gasteiger partial charge in [0.2, 0.25) is 11.1 Å². The van der Waals surface area contributed by atoms with E-state index in [2.05, 4.69) is 20.8 Å². The third kappa shape index (κ3) is 4.48. The minimum atomic E-state index is -0.629. The van der Waals surface area contributed by atoms with Gasteiger partial charge in [0.1, 0.15) is 6.04 Å². The molecule has 1 amide bonds. The van der Waals surface area contributed by atoms with Crippen LogP contribution in [-0.4, -0.2) is 51.0 Å². The lowest BCUT2D eigenvalue weighted by Crippen LogP contribution is -2.46. The fraction of sp³-hybridized carbons (Fsp3) is 0.727. The summed E-state index contributed by atoms with van der Waals surface area (Å²) in [6.45, 7) is 3.84. The second-order valence-corrected chi connectivity index (χ2v) is 5.27. The quantitative estimate of drug-likeness (QED) is 0.559.